The highest BCUT2D eigenvalue weighted by Crippen LogP contribution is 2.12. The normalized spacial score (nSPS) is 11.0. The maximum absolute atomic E-state index is 11.6. The molecule has 0 saturated carbocycles. The number of hydrogen-bond donors (Lipinski definition) is 2. The summed E-state index contributed by atoms with van der Waals surface area (Å²) in [6.07, 6.45) is 41.0. The predicted octanol–water partition coefficient (Wildman–Crippen LogP) is 11.5. The Morgan fingerprint density at radius 2 is 0.805 bits per heavy atom. The van der Waals surface area contributed by atoms with Crippen molar-refractivity contribution in [1.82, 2.24) is 5.32 Å². The zero-order valence-electron chi connectivity index (χ0n) is 28.3. The molecule has 0 rings (SSSR count). The van der Waals surface area contributed by atoms with E-state index in [1.54, 1.807) is 0 Å². The van der Waals surface area contributed by atoms with Crippen LogP contribution < -0.4 is 11.1 Å². The Morgan fingerprint density at radius 3 is 1.22 bits per heavy atom. The molecule has 0 aliphatic carbocycles. The fraction of sp³-hybridized carbons (Fsp3) is 0.892. The van der Waals surface area contributed by atoms with E-state index in [4.69, 9.17) is 5.73 Å². The summed E-state index contributed by atoms with van der Waals surface area (Å²) in [7, 11) is 0. The van der Waals surface area contributed by atoms with Crippen molar-refractivity contribution in [2.45, 2.75) is 207 Å². The molecular formula is C37H74N2O2. The van der Waals surface area contributed by atoms with Gasteiger partial charge in [-0.05, 0) is 44.9 Å². The van der Waals surface area contributed by atoms with Crippen LogP contribution in [0, 0.1) is 0 Å². The lowest BCUT2D eigenvalue weighted by Crippen LogP contribution is -2.23. The molecule has 0 radical (unpaired) electrons. The number of hydrogen-bond acceptors (Lipinski definition) is 2. The van der Waals surface area contributed by atoms with Crippen molar-refractivity contribution in [3.05, 3.63) is 12.2 Å². The Labute approximate surface area is 257 Å². The van der Waals surface area contributed by atoms with Crippen LogP contribution in [-0.4, -0.2) is 18.4 Å². The van der Waals surface area contributed by atoms with Gasteiger partial charge in [-0.25, -0.2) is 0 Å². The topological polar surface area (TPSA) is 72.2 Å². The molecule has 0 aromatic rings. The van der Waals surface area contributed by atoms with E-state index in [2.05, 4.69) is 38.2 Å². The summed E-state index contributed by atoms with van der Waals surface area (Å²) >= 11 is 0. The third-order valence-electron chi connectivity index (χ3n) is 7.79. The molecule has 244 valence electrons. The van der Waals surface area contributed by atoms with Crippen molar-refractivity contribution in [1.29, 1.82) is 0 Å². The molecule has 0 aromatic carbocycles. The second-order valence-electron chi connectivity index (χ2n) is 12.1. The molecule has 0 heterocycles. The van der Waals surface area contributed by atoms with Gasteiger partial charge in [0.25, 0.3) is 0 Å². The highest BCUT2D eigenvalue weighted by atomic mass is 16.1. The van der Waals surface area contributed by atoms with Crippen molar-refractivity contribution in [2.75, 3.05) is 6.54 Å². The Kier molecular flexibility index (Phi) is 39.4. The molecule has 4 nitrogen and oxygen atoms in total. The van der Waals surface area contributed by atoms with Crippen molar-refractivity contribution in [2.24, 2.45) is 5.73 Å². The molecule has 4 heteroatoms. The van der Waals surface area contributed by atoms with Crippen molar-refractivity contribution >= 4 is 11.8 Å². The van der Waals surface area contributed by atoms with Crippen LogP contribution in [0.15, 0.2) is 12.2 Å². The molecule has 0 spiro atoms. The predicted molar refractivity (Wildman–Crippen MR) is 182 cm³/mol. The molecule has 0 aliphatic rings. The first-order valence-corrected chi connectivity index (χ1v) is 18.3. The fourth-order valence-electron chi connectivity index (χ4n) is 5.01. The number of carbonyl (C=O) groups is 2. The average Bonchev–Trinajstić information content (AvgIpc) is 2.96. The number of rotatable bonds is 31. The van der Waals surface area contributed by atoms with Gasteiger partial charge in [0, 0.05) is 19.4 Å². The van der Waals surface area contributed by atoms with Crippen LogP contribution in [0.3, 0.4) is 0 Å². The lowest BCUT2D eigenvalue weighted by molar-refractivity contribution is -0.121. The number of amides is 2. The first kappa shape index (κ1) is 41.8. The zero-order chi connectivity index (χ0) is 30.5. The standard InChI is InChI=1S/C23H45NO.C14H29NO/c1-3-5-7-8-9-10-11-12-13-14-15-16-17-18-19-21-23(25)24-22-20-6-4-2;1-2-3-4-5-6-7-8-9-10-11-12-13-14(15)16/h12-13H,3-11,14-22H2,1-2H3,(H,24,25);2-13H2,1H3,(H2,15,16)/b13-12-;. The van der Waals surface area contributed by atoms with Crippen molar-refractivity contribution in [3.63, 3.8) is 0 Å². The largest absolute Gasteiger partial charge is 0.370 e. The highest BCUT2D eigenvalue weighted by molar-refractivity contribution is 5.75. The minimum atomic E-state index is -0.157. The molecular weight excluding hydrogens is 504 g/mol. The van der Waals surface area contributed by atoms with Gasteiger partial charge in [0.15, 0.2) is 0 Å². The molecule has 0 saturated heterocycles. The van der Waals surface area contributed by atoms with Crippen LogP contribution in [0.1, 0.15) is 207 Å². The number of allylic oxidation sites excluding steroid dienone is 2. The monoisotopic (exact) mass is 579 g/mol. The average molecular weight is 579 g/mol. The number of primary amides is 1. The number of nitrogens with two attached hydrogens (primary N) is 1. The number of nitrogens with one attached hydrogen (secondary N) is 1. The third-order valence-corrected chi connectivity index (χ3v) is 7.79. The first-order valence-electron chi connectivity index (χ1n) is 18.3. The maximum atomic E-state index is 11.6. The first-order chi connectivity index (χ1) is 20.1. The number of unbranched alkanes of at least 4 members (excludes halogenated alkanes) is 23. The van der Waals surface area contributed by atoms with E-state index >= 15 is 0 Å². The van der Waals surface area contributed by atoms with Gasteiger partial charge in [0.2, 0.25) is 11.8 Å². The third kappa shape index (κ3) is 43.3. The molecule has 0 aliphatic heterocycles. The van der Waals surface area contributed by atoms with Crippen molar-refractivity contribution < 1.29 is 9.59 Å². The Balaban J connectivity index is 0. The van der Waals surface area contributed by atoms with Gasteiger partial charge < -0.3 is 11.1 Å². The molecule has 0 fully saturated rings. The summed E-state index contributed by atoms with van der Waals surface area (Å²) in [5, 5.41) is 3.02. The lowest BCUT2D eigenvalue weighted by Gasteiger charge is -2.04. The molecule has 2 amide bonds. The van der Waals surface area contributed by atoms with Crippen LogP contribution >= 0.6 is 0 Å². The van der Waals surface area contributed by atoms with Crippen LogP contribution in [-0.2, 0) is 9.59 Å². The Bertz CT molecular complexity index is 547. The van der Waals surface area contributed by atoms with Gasteiger partial charge in [-0.15, -0.1) is 0 Å². The molecule has 0 unspecified atom stereocenters. The smallest absolute Gasteiger partial charge is 0.219 e. The molecule has 0 aromatic heterocycles. The van der Waals surface area contributed by atoms with Gasteiger partial charge in [-0.1, -0.05) is 161 Å². The minimum absolute atomic E-state index is 0.157. The minimum Gasteiger partial charge on any atom is -0.370 e. The van der Waals surface area contributed by atoms with E-state index in [0.29, 0.717) is 12.8 Å². The SMILES string of the molecule is CCCCCCCC/C=C\CCCCCCCC(=O)NCCCCC.CCCCCCCCCCCCCC(N)=O. The highest BCUT2D eigenvalue weighted by Gasteiger charge is 2.00. The Hall–Kier alpha value is -1.32. The van der Waals surface area contributed by atoms with Gasteiger partial charge in [0.1, 0.15) is 0 Å². The fourth-order valence-corrected chi connectivity index (χ4v) is 5.01. The van der Waals surface area contributed by atoms with E-state index < -0.39 is 0 Å². The van der Waals surface area contributed by atoms with E-state index in [1.807, 2.05) is 0 Å². The lowest BCUT2D eigenvalue weighted by atomic mass is 10.1. The second kappa shape index (κ2) is 38.7. The van der Waals surface area contributed by atoms with Crippen LogP contribution in [0.2, 0.25) is 0 Å². The van der Waals surface area contributed by atoms with Gasteiger partial charge in [-0.3, -0.25) is 9.59 Å². The molecule has 0 atom stereocenters. The quantitative estimate of drug-likeness (QED) is 0.0634. The molecule has 3 N–H and O–H groups in total. The van der Waals surface area contributed by atoms with E-state index in [9.17, 15) is 9.59 Å². The summed E-state index contributed by atoms with van der Waals surface area (Å²) in [5.74, 6) is 0.0876. The maximum Gasteiger partial charge on any atom is 0.219 e. The Morgan fingerprint density at radius 1 is 0.463 bits per heavy atom. The van der Waals surface area contributed by atoms with E-state index in [-0.39, 0.29) is 11.8 Å². The van der Waals surface area contributed by atoms with Gasteiger partial charge >= 0.3 is 0 Å². The summed E-state index contributed by atoms with van der Waals surface area (Å²) < 4.78 is 0. The summed E-state index contributed by atoms with van der Waals surface area (Å²) in [5.41, 5.74) is 5.07. The summed E-state index contributed by atoms with van der Waals surface area (Å²) in [4.78, 5) is 22.1. The van der Waals surface area contributed by atoms with E-state index in [0.717, 1.165) is 25.8 Å². The van der Waals surface area contributed by atoms with Gasteiger partial charge in [-0.2, -0.15) is 0 Å². The van der Waals surface area contributed by atoms with Crippen LogP contribution in [0.25, 0.3) is 0 Å². The zero-order valence-corrected chi connectivity index (χ0v) is 28.3. The summed E-state index contributed by atoms with van der Waals surface area (Å²) in [6, 6.07) is 0. The van der Waals surface area contributed by atoms with E-state index in [1.165, 1.54) is 154 Å². The second-order valence-corrected chi connectivity index (χ2v) is 12.1. The molecule has 0 bridgehead atoms. The summed E-state index contributed by atoms with van der Waals surface area (Å²) in [6.45, 7) is 7.58. The molecule has 41 heavy (non-hydrogen) atoms. The number of carbonyl (C=O) groups excluding carboxylic acids is 2. The van der Waals surface area contributed by atoms with Crippen molar-refractivity contribution in [3.8, 4) is 0 Å². The van der Waals surface area contributed by atoms with Gasteiger partial charge in [0.05, 0.1) is 0 Å². The van der Waals surface area contributed by atoms with Crippen LogP contribution in [0.4, 0.5) is 0 Å². The van der Waals surface area contributed by atoms with Crippen LogP contribution in [0.5, 0.6) is 0 Å².